The lowest BCUT2D eigenvalue weighted by Gasteiger charge is -2.11. The first-order valence-electron chi connectivity index (χ1n) is 4.15. The van der Waals surface area contributed by atoms with Crippen LogP contribution in [0.2, 0.25) is 0 Å². The second kappa shape index (κ2) is 4.62. The van der Waals surface area contributed by atoms with E-state index in [1.807, 2.05) is 0 Å². The van der Waals surface area contributed by atoms with Crippen LogP contribution in [0.1, 0.15) is 11.6 Å². The molecule has 1 aromatic carbocycles. The number of hydrogen-bond acceptors (Lipinski definition) is 4. The average molecular weight is 195 g/mol. The van der Waals surface area contributed by atoms with Gasteiger partial charge in [-0.25, -0.2) is 0 Å². The van der Waals surface area contributed by atoms with Crippen LogP contribution in [-0.2, 0) is 4.79 Å². The van der Waals surface area contributed by atoms with Crippen LogP contribution < -0.4 is 15.2 Å². The van der Waals surface area contributed by atoms with Crippen molar-refractivity contribution >= 4 is 6.29 Å². The molecule has 0 aliphatic rings. The summed E-state index contributed by atoms with van der Waals surface area (Å²) >= 11 is 0. The fraction of sp³-hybridized carbons (Fsp3) is 0.300. The Morgan fingerprint density at radius 2 is 2.07 bits per heavy atom. The molecule has 0 aliphatic heterocycles. The van der Waals surface area contributed by atoms with Gasteiger partial charge in [0.2, 0.25) is 0 Å². The van der Waals surface area contributed by atoms with Crippen molar-refractivity contribution in [2.24, 2.45) is 5.73 Å². The number of nitrogens with two attached hydrogens (primary N) is 1. The average Bonchev–Trinajstić information content (AvgIpc) is 2.27. The quantitative estimate of drug-likeness (QED) is 0.725. The van der Waals surface area contributed by atoms with Gasteiger partial charge in [-0.1, -0.05) is 0 Å². The Balaban J connectivity index is 3.14. The van der Waals surface area contributed by atoms with Gasteiger partial charge in [-0.15, -0.1) is 0 Å². The zero-order valence-corrected chi connectivity index (χ0v) is 8.19. The molecule has 1 aromatic rings. The van der Waals surface area contributed by atoms with Gasteiger partial charge in [0, 0.05) is 5.56 Å². The SMILES string of the molecule is COc1ccc(OC)c(C(N)C=O)c1. The molecule has 1 atom stereocenters. The summed E-state index contributed by atoms with van der Waals surface area (Å²) in [5.41, 5.74) is 6.22. The van der Waals surface area contributed by atoms with Crippen molar-refractivity contribution in [3.05, 3.63) is 23.8 Å². The zero-order valence-electron chi connectivity index (χ0n) is 8.19. The molecule has 0 saturated heterocycles. The van der Waals surface area contributed by atoms with Crippen LogP contribution >= 0.6 is 0 Å². The van der Waals surface area contributed by atoms with Crippen molar-refractivity contribution in [2.75, 3.05) is 14.2 Å². The number of benzene rings is 1. The van der Waals surface area contributed by atoms with Crippen molar-refractivity contribution in [2.45, 2.75) is 6.04 Å². The van der Waals surface area contributed by atoms with Crippen molar-refractivity contribution in [3.63, 3.8) is 0 Å². The van der Waals surface area contributed by atoms with E-state index >= 15 is 0 Å². The molecule has 1 rings (SSSR count). The predicted octanol–water partition coefficient (Wildman–Crippen LogP) is 0.903. The summed E-state index contributed by atoms with van der Waals surface area (Å²) in [6.07, 6.45) is 0.664. The molecule has 4 nitrogen and oxygen atoms in total. The van der Waals surface area contributed by atoms with Gasteiger partial charge < -0.3 is 20.0 Å². The van der Waals surface area contributed by atoms with E-state index in [1.165, 1.54) is 7.11 Å². The first kappa shape index (κ1) is 10.5. The van der Waals surface area contributed by atoms with Gasteiger partial charge >= 0.3 is 0 Å². The van der Waals surface area contributed by atoms with Crippen molar-refractivity contribution in [3.8, 4) is 11.5 Å². The van der Waals surface area contributed by atoms with Gasteiger partial charge in [-0.3, -0.25) is 0 Å². The topological polar surface area (TPSA) is 61.6 Å². The normalized spacial score (nSPS) is 11.9. The minimum atomic E-state index is -0.681. The lowest BCUT2D eigenvalue weighted by atomic mass is 10.1. The molecule has 0 fully saturated rings. The highest BCUT2D eigenvalue weighted by Crippen LogP contribution is 2.27. The van der Waals surface area contributed by atoms with Crippen LogP contribution in [0.3, 0.4) is 0 Å². The lowest BCUT2D eigenvalue weighted by Crippen LogP contribution is -2.12. The van der Waals surface area contributed by atoms with Crippen LogP contribution in [0.15, 0.2) is 18.2 Å². The maximum Gasteiger partial charge on any atom is 0.141 e. The second-order valence-corrected chi connectivity index (χ2v) is 2.77. The molecule has 0 spiro atoms. The number of rotatable bonds is 4. The number of methoxy groups -OCH3 is 2. The highest BCUT2D eigenvalue weighted by atomic mass is 16.5. The summed E-state index contributed by atoms with van der Waals surface area (Å²) < 4.78 is 10.1. The highest BCUT2D eigenvalue weighted by molar-refractivity contribution is 5.64. The van der Waals surface area contributed by atoms with Gasteiger partial charge in [0.05, 0.1) is 20.3 Å². The van der Waals surface area contributed by atoms with Gasteiger partial charge in [-0.05, 0) is 18.2 Å². The van der Waals surface area contributed by atoms with Crippen molar-refractivity contribution < 1.29 is 14.3 Å². The molecular weight excluding hydrogens is 182 g/mol. The van der Waals surface area contributed by atoms with Gasteiger partial charge in [-0.2, -0.15) is 0 Å². The Kier molecular flexibility index (Phi) is 3.48. The van der Waals surface area contributed by atoms with E-state index in [0.29, 0.717) is 23.3 Å². The number of ether oxygens (including phenoxy) is 2. The third-order valence-electron chi connectivity index (χ3n) is 1.94. The first-order valence-corrected chi connectivity index (χ1v) is 4.15. The molecule has 14 heavy (non-hydrogen) atoms. The number of carbonyl (C=O) groups excluding carboxylic acids is 1. The third kappa shape index (κ3) is 2.03. The Morgan fingerprint density at radius 1 is 1.36 bits per heavy atom. The standard InChI is InChI=1S/C10H13NO3/c1-13-7-3-4-10(14-2)8(5-7)9(11)6-12/h3-6,9H,11H2,1-2H3. The number of hydrogen-bond donors (Lipinski definition) is 1. The summed E-state index contributed by atoms with van der Waals surface area (Å²) in [6, 6.07) is 4.48. The summed E-state index contributed by atoms with van der Waals surface area (Å²) in [5, 5.41) is 0. The molecule has 0 aliphatic carbocycles. The molecule has 2 N–H and O–H groups in total. The molecular formula is C10H13NO3. The minimum absolute atomic E-state index is 0.588. The molecule has 76 valence electrons. The summed E-state index contributed by atoms with van der Waals surface area (Å²) in [7, 11) is 3.08. The molecule has 0 bridgehead atoms. The first-order chi connectivity index (χ1) is 6.72. The largest absolute Gasteiger partial charge is 0.497 e. The van der Waals surface area contributed by atoms with E-state index in [9.17, 15) is 4.79 Å². The second-order valence-electron chi connectivity index (χ2n) is 2.77. The highest BCUT2D eigenvalue weighted by Gasteiger charge is 2.11. The van der Waals surface area contributed by atoms with Crippen LogP contribution in [0, 0.1) is 0 Å². The maximum absolute atomic E-state index is 10.6. The summed E-state index contributed by atoms with van der Waals surface area (Å²) in [5.74, 6) is 1.24. The Labute approximate surface area is 82.6 Å². The summed E-state index contributed by atoms with van der Waals surface area (Å²) in [6.45, 7) is 0. The van der Waals surface area contributed by atoms with Gasteiger partial charge in [0.15, 0.2) is 0 Å². The molecule has 0 aromatic heterocycles. The molecule has 1 unspecified atom stereocenters. The molecule has 0 heterocycles. The lowest BCUT2D eigenvalue weighted by molar-refractivity contribution is -0.109. The predicted molar refractivity (Wildman–Crippen MR) is 52.5 cm³/mol. The number of carbonyl (C=O) groups is 1. The molecule has 4 heteroatoms. The molecule has 0 amide bonds. The van der Waals surface area contributed by atoms with Crippen molar-refractivity contribution in [1.82, 2.24) is 0 Å². The Morgan fingerprint density at radius 3 is 2.57 bits per heavy atom. The van der Waals surface area contributed by atoms with Crippen LogP contribution in [-0.4, -0.2) is 20.5 Å². The Bertz CT molecular complexity index is 325. The van der Waals surface area contributed by atoms with Crippen LogP contribution in [0.5, 0.6) is 11.5 Å². The van der Waals surface area contributed by atoms with E-state index in [1.54, 1.807) is 25.3 Å². The summed E-state index contributed by atoms with van der Waals surface area (Å²) in [4.78, 5) is 10.6. The van der Waals surface area contributed by atoms with Crippen molar-refractivity contribution in [1.29, 1.82) is 0 Å². The Hall–Kier alpha value is -1.55. The monoisotopic (exact) mass is 195 g/mol. The van der Waals surface area contributed by atoms with Gasteiger partial charge in [0.1, 0.15) is 17.8 Å². The molecule has 0 radical (unpaired) electrons. The van der Waals surface area contributed by atoms with E-state index in [-0.39, 0.29) is 0 Å². The smallest absolute Gasteiger partial charge is 0.141 e. The van der Waals surface area contributed by atoms with E-state index in [0.717, 1.165) is 0 Å². The maximum atomic E-state index is 10.6. The fourth-order valence-corrected chi connectivity index (χ4v) is 1.17. The van der Waals surface area contributed by atoms with Crippen LogP contribution in [0.4, 0.5) is 0 Å². The number of aldehydes is 1. The van der Waals surface area contributed by atoms with Crippen LogP contribution in [0.25, 0.3) is 0 Å². The zero-order chi connectivity index (χ0) is 10.6. The minimum Gasteiger partial charge on any atom is -0.497 e. The van der Waals surface area contributed by atoms with Gasteiger partial charge in [0.25, 0.3) is 0 Å². The van der Waals surface area contributed by atoms with E-state index < -0.39 is 6.04 Å². The third-order valence-corrected chi connectivity index (χ3v) is 1.94. The molecule has 0 saturated carbocycles. The van der Waals surface area contributed by atoms with E-state index in [4.69, 9.17) is 15.2 Å². The van der Waals surface area contributed by atoms with E-state index in [2.05, 4.69) is 0 Å². The fourth-order valence-electron chi connectivity index (χ4n) is 1.17.